The Morgan fingerprint density at radius 2 is 2.09 bits per heavy atom. The van der Waals surface area contributed by atoms with Crippen molar-refractivity contribution >= 4 is 85.9 Å². The molecule has 1 aliphatic heterocycles. The van der Waals surface area contributed by atoms with Gasteiger partial charge in [0.25, 0.3) is 0 Å². The maximum Gasteiger partial charge on any atom is 0.312 e. The second-order valence-electron chi connectivity index (χ2n) is 4.41. The van der Waals surface area contributed by atoms with E-state index in [1.165, 1.54) is 23.5 Å². The van der Waals surface area contributed by atoms with E-state index in [1.54, 1.807) is 0 Å². The quantitative estimate of drug-likeness (QED) is 0.235. The van der Waals surface area contributed by atoms with E-state index >= 15 is 0 Å². The predicted octanol–water partition coefficient (Wildman–Crippen LogP) is 1.32. The zero-order chi connectivity index (χ0) is 17.6. The van der Waals surface area contributed by atoms with Gasteiger partial charge in [0.05, 0.1) is 30.4 Å². The minimum absolute atomic E-state index is 0.0194. The van der Waals surface area contributed by atoms with Crippen LogP contribution in [0.4, 0.5) is 0 Å². The van der Waals surface area contributed by atoms with Crippen LogP contribution in [0.15, 0.2) is 0 Å². The summed E-state index contributed by atoms with van der Waals surface area (Å²) in [6, 6.07) is 0. The van der Waals surface area contributed by atoms with Crippen molar-refractivity contribution < 1.29 is 24.5 Å². The van der Waals surface area contributed by atoms with Crippen molar-refractivity contribution in [2.75, 3.05) is 25.6 Å². The zero-order valence-electron chi connectivity index (χ0n) is 11.5. The third-order valence-corrected chi connectivity index (χ3v) is 5.85. The zero-order valence-corrected chi connectivity index (χ0v) is 16.3. The fourth-order valence-corrected chi connectivity index (χ4v) is 4.38. The molecule has 132 valence electrons. The van der Waals surface area contributed by atoms with Crippen molar-refractivity contribution in [1.82, 2.24) is 5.32 Å². The number of ether oxygens (including phenoxy) is 1. The van der Waals surface area contributed by atoms with Gasteiger partial charge in [-0.25, -0.2) is 0 Å². The topological polar surface area (TPSA) is 95.9 Å². The van der Waals surface area contributed by atoms with E-state index in [0.717, 1.165) is 0 Å². The number of hydrogen-bond acceptors (Lipinski definition) is 8. The number of halogens is 3. The first kappa shape index (κ1) is 21.6. The number of aliphatic hydroxyl groups excluding tert-OH is 2. The average molecular weight is 443 g/mol. The first-order chi connectivity index (χ1) is 10.7. The summed E-state index contributed by atoms with van der Waals surface area (Å²) in [7, 11) is 0. The van der Waals surface area contributed by atoms with Crippen molar-refractivity contribution in [3.63, 3.8) is 0 Å². The first-order valence-electron chi connectivity index (χ1n) is 6.28. The number of thiocarbonyl (C=S) groups is 1. The van der Waals surface area contributed by atoms with Gasteiger partial charge in [0.1, 0.15) is 10.1 Å². The fraction of sp³-hybridized carbons (Fsp3) is 0.727. The number of carbonyl (C=O) groups is 2. The lowest BCUT2D eigenvalue weighted by Gasteiger charge is -2.39. The van der Waals surface area contributed by atoms with E-state index in [-0.39, 0.29) is 12.5 Å². The number of thioether (sulfide) groups is 2. The third-order valence-electron chi connectivity index (χ3n) is 2.76. The molecule has 3 N–H and O–H groups in total. The van der Waals surface area contributed by atoms with Crippen molar-refractivity contribution in [3.05, 3.63) is 0 Å². The molecule has 1 unspecified atom stereocenters. The van der Waals surface area contributed by atoms with Crippen molar-refractivity contribution in [2.24, 2.45) is 11.8 Å². The van der Waals surface area contributed by atoms with Gasteiger partial charge >= 0.3 is 5.97 Å². The van der Waals surface area contributed by atoms with Gasteiger partial charge in [0.2, 0.25) is 9.70 Å². The van der Waals surface area contributed by atoms with Gasteiger partial charge < -0.3 is 20.3 Å². The Bertz CT molecular complexity index is 463. The summed E-state index contributed by atoms with van der Waals surface area (Å²) in [5.74, 6) is -2.63. The molecule has 0 radical (unpaired) electrons. The van der Waals surface area contributed by atoms with Crippen LogP contribution in [0.2, 0.25) is 0 Å². The second kappa shape index (κ2) is 9.86. The Hall–Kier alpha value is 0.520. The molecule has 1 heterocycles. The molecule has 6 nitrogen and oxygen atoms in total. The number of β-lactam (4-membered cyclic amide) rings is 1. The predicted molar refractivity (Wildman–Crippen MR) is 97.0 cm³/mol. The summed E-state index contributed by atoms with van der Waals surface area (Å²) < 4.78 is 3.57. The molecule has 1 rings (SSSR count). The van der Waals surface area contributed by atoms with E-state index in [0.29, 0.717) is 9.28 Å². The molecular formula is C11H14Cl3NO5S3. The molecule has 0 aromatic rings. The lowest BCUT2D eigenvalue weighted by Crippen LogP contribution is -2.61. The number of aliphatic hydroxyl groups is 2. The summed E-state index contributed by atoms with van der Waals surface area (Å²) in [5.41, 5.74) is 0. The van der Waals surface area contributed by atoms with E-state index < -0.39 is 40.2 Å². The molecule has 0 spiro atoms. The van der Waals surface area contributed by atoms with Gasteiger partial charge in [-0.15, -0.1) is 11.8 Å². The highest BCUT2D eigenvalue weighted by atomic mass is 35.6. The number of nitrogens with one attached hydrogen (secondary N) is 1. The van der Waals surface area contributed by atoms with Gasteiger partial charge in [-0.3, -0.25) is 9.59 Å². The maximum atomic E-state index is 12.0. The van der Waals surface area contributed by atoms with Gasteiger partial charge in [0.15, 0.2) is 0 Å². The van der Waals surface area contributed by atoms with Crippen LogP contribution in [0.1, 0.15) is 0 Å². The highest BCUT2D eigenvalue weighted by molar-refractivity contribution is 8.47. The number of alkyl halides is 3. The summed E-state index contributed by atoms with van der Waals surface area (Å²) in [4.78, 5) is 23.7. The Labute approximate surface area is 161 Å². The number of rotatable bonds is 7. The van der Waals surface area contributed by atoms with Crippen molar-refractivity contribution in [2.45, 2.75) is 9.17 Å². The molecule has 1 aliphatic rings. The van der Waals surface area contributed by atoms with E-state index in [1.807, 2.05) is 0 Å². The number of esters is 1. The fourth-order valence-electron chi connectivity index (χ4n) is 1.73. The average Bonchev–Trinajstić information content (AvgIpc) is 2.46. The summed E-state index contributed by atoms with van der Waals surface area (Å²) in [6.07, 6.45) is 0. The normalized spacial score (nSPS) is 22.0. The maximum absolute atomic E-state index is 12.0. The molecular weight excluding hydrogens is 429 g/mol. The van der Waals surface area contributed by atoms with Crippen LogP contribution in [0.5, 0.6) is 0 Å². The second-order valence-corrected chi connectivity index (χ2v) is 10.4. The molecule has 1 fully saturated rings. The Morgan fingerprint density at radius 3 is 2.57 bits per heavy atom. The number of amides is 1. The van der Waals surface area contributed by atoms with E-state index in [4.69, 9.17) is 56.9 Å². The van der Waals surface area contributed by atoms with E-state index in [2.05, 4.69) is 5.32 Å². The Balaban J connectivity index is 2.62. The molecule has 1 saturated heterocycles. The minimum atomic E-state index is -1.77. The SMILES string of the molecule is O=C(OCC(Cl)(Cl)Cl)C(CO)[C@@H]1C(=O)N[C@@H]1SC(=S)SCCO. The molecule has 0 bridgehead atoms. The van der Waals surface area contributed by atoms with E-state index in [9.17, 15) is 14.7 Å². The molecule has 12 heteroatoms. The van der Waals surface area contributed by atoms with Crippen LogP contribution >= 0.6 is 70.5 Å². The lowest BCUT2D eigenvalue weighted by atomic mass is 9.86. The Kier molecular flexibility index (Phi) is 9.25. The van der Waals surface area contributed by atoms with Gasteiger partial charge in [-0.05, 0) is 0 Å². The monoisotopic (exact) mass is 441 g/mol. The largest absolute Gasteiger partial charge is 0.461 e. The number of hydrogen-bond donors (Lipinski definition) is 3. The highest BCUT2D eigenvalue weighted by Gasteiger charge is 2.49. The highest BCUT2D eigenvalue weighted by Crippen LogP contribution is 2.36. The summed E-state index contributed by atoms with van der Waals surface area (Å²) >= 11 is 24.0. The molecule has 1 amide bonds. The summed E-state index contributed by atoms with van der Waals surface area (Å²) in [6.45, 7) is -1.08. The molecule has 0 aliphatic carbocycles. The van der Waals surface area contributed by atoms with Crippen LogP contribution in [0.25, 0.3) is 0 Å². The molecule has 0 aromatic carbocycles. The van der Waals surface area contributed by atoms with Crippen molar-refractivity contribution in [1.29, 1.82) is 0 Å². The smallest absolute Gasteiger partial charge is 0.312 e. The molecule has 0 aromatic heterocycles. The minimum Gasteiger partial charge on any atom is -0.461 e. The summed E-state index contributed by atoms with van der Waals surface area (Å²) in [5, 5.41) is 20.3. The van der Waals surface area contributed by atoms with Gasteiger partial charge in [-0.1, -0.05) is 58.8 Å². The molecule has 3 atom stereocenters. The van der Waals surface area contributed by atoms with Gasteiger partial charge in [-0.2, -0.15) is 0 Å². The van der Waals surface area contributed by atoms with Crippen LogP contribution in [0, 0.1) is 11.8 Å². The van der Waals surface area contributed by atoms with Crippen LogP contribution in [0.3, 0.4) is 0 Å². The lowest BCUT2D eigenvalue weighted by molar-refractivity contribution is -0.158. The third kappa shape index (κ3) is 7.11. The van der Waals surface area contributed by atoms with Crippen molar-refractivity contribution in [3.8, 4) is 0 Å². The number of carbonyl (C=O) groups excluding carboxylic acids is 2. The van der Waals surface area contributed by atoms with Crippen LogP contribution in [-0.4, -0.2) is 60.4 Å². The van der Waals surface area contributed by atoms with Gasteiger partial charge in [0, 0.05) is 5.75 Å². The van der Waals surface area contributed by atoms with Crippen LogP contribution in [-0.2, 0) is 14.3 Å². The molecule has 23 heavy (non-hydrogen) atoms. The molecule has 0 saturated carbocycles. The van der Waals surface area contributed by atoms with Crippen LogP contribution < -0.4 is 5.32 Å². The Morgan fingerprint density at radius 1 is 1.43 bits per heavy atom. The first-order valence-corrected chi connectivity index (χ1v) is 9.69. The standard InChI is InChI=1S/C11H14Cl3NO5S3/c12-11(13,14)4-20-9(19)5(3-17)6-7(18)15-8(6)23-10(21)22-2-1-16/h5-6,8,16-17H,1-4H2,(H,15,18)/t5?,6-,8-/m1/s1.